The van der Waals surface area contributed by atoms with E-state index in [0.29, 0.717) is 0 Å². The van der Waals surface area contributed by atoms with E-state index in [1.165, 1.54) is 6.07 Å². The lowest BCUT2D eigenvalue weighted by Gasteiger charge is -1.93. The van der Waals surface area contributed by atoms with Crippen molar-refractivity contribution in [3.05, 3.63) is 35.4 Å². The van der Waals surface area contributed by atoms with Crippen molar-refractivity contribution >= 4 is 12.1 Å². The summed E-state index contributed by atoms with van der Waals surface area (Å²) in [6, 6.07) is 1.06. The number of benzene rings is 1. The van der Waals surface area contributed by atoms with Crippen molar-refractivity contribution in [1.29, 1.82) is 0 Å². The molecule has 0 N–H and O–H groups in total. The van der Waals surface area contributed by atoms with Crippen LogP contribution in [0.1, 0.15) is 20.7 Å². The SMILES string of the molecule is O=C(F)c1cccc(C(=O)F)c1. The summed E-state index contributed by atoms with van der Waals surface area (Å²) in [6.07, 6.45) is 0. The summed E-state index contributed by atoms with van der Waals surface area (Å²) in [5, 5.41) is 0. The van der Waals surface area contributed by atoms with Crippen LogP contribution in [0.25, 0.3) is 0 Å². The Hall–Kier alpha value is -1.58. The minimum absolute atomic E-state index is 0.321. The number of halogens is 2. The lowest BCUT2D eigenvalue weighted by molar-refractivity contribution is 0.0834. The van der Waals surface area contributed by atoms with E-state index in [1.807, 2.05) is 0 Å². The van der Waals surface area contributed by atoms with E-state index < -0.39 is 12.1 Å². The molecule has 1 aromatic carbocycles. The summed E-state index contributed by atoms with van der Waals surface area (Å²) in [6.45, 7) is 0. The maximum Gasteiger partial charge on any atom is 0.332 e. The molecule has 0 unspecified atom stereocenters. The predicted octanol–water partition coefficient (Wildman–Crippen LogP) is 1.91. The van der Waals surface area contributed by atoms with Crippen molar-refractivity contribution in [3.8, 4) is 0 Å². The fourth-order valence-corrected chi connectivity index (χ4v) is 0.764. The Bertz CT molecular complexity index is 304. The normalized spacial score (nSPS) is 9.50. The van der Waals surface area contributed by atoms with Gasteiger partial charge in [-0.05, 0) is 18.2 Å². The van der Waals surface area contributed by atoms with Gasteiger partial charge >= 0.3 is 12.1 Å². The van der Waals surface area contributed by atoms with Crippen molar-refractivity contribution < 1.29 is 18.4 Å². The van der Waals surface area contributed by atoms with Crippen molar-refractivity contribution in [3.63, 3.8) is 0 Å². The minimum Gasteiger partial charge on any atom is -0.255 e. The highest BCUT2D eigenvalue weighted by Gasteiger charge is 2.07. The molecule has 0 saturated carbocycles. The molecule has 0 radical (unpaired) electrons. The molecule has 4 heteroatoms. The maximum absolute atomic E-state index is 12.0. The Morgan fingerprint density at radius 1 is 1.00 bits per heavy atom. The van der Waals surface area contributed by atoms with Gasteiger partial charge < -0.3 is 0 Å². The Kier molecular flexibility index (Phi) is 2.28. The topological polar surface area (TPSA) is 34.1 Å². The molecule has 0 saturated heterocycles. The fraction of sp³-hybridized carbons (Fsp3) is 0. The summed E-state index contributed by atoms with van der Waals surface area (Å²) in [4.78, 5) is 20.2. The second-order valence-corrected chi connectivity index (χ2v) is 2.13. The van der Waals surface area contributed by atoms with E-state index in [1.54, 1.807) is 0 Å². The highest BCUT2D eigenvalue weighted by atomic mass is 19.1. The van der Waals surface area contributed by atoms with Crippen LogP contribution in [0.5, 0.6) is 0 Å². The lowest BCUT2D eigenvalue weighted by atomic mass is 10.1. The number of rotatable bonds is 2. The zero-order chi connectivity index (χ0) is 9.14. The van der Waals surface area contributed by atoms with Gasteiger partial charge in [0.25, 0.3) is 0 Å². The van der Waals surface area contributed by atoms with E-state index >= 15 is 0 Å². The molecule has 0 amide bonds. The first-order chi connectivity index (χ1) is 5.61. The first-order valence-electron chi connectivity index (χ1n) is 3.11. The largest absolute Gasteiger partial charge is 0.332 e. The quantitative estimate of drug-likeness (QED) is 0.635. The number of hydrogen-bond acceptors (Lipinski definition) is 2. The second kappa shape index (κ2) is 3.21. The molecule has 0 spiro atoms. The Morgan fingerprint density at radius 3 is 1.75 bits per heavy atom. The van der Waals surface area contributed by atoms with E-state index in [2.05, 4.69) is 0 Å². The molecule has 0 heterocycles. The highest BCUT2D eigenvalue weighted by Crippen LogP contribution is 2.07. The first kappa shape index (κ1) is 8.52. The molecule has 0 aromatic heterocycles. The first-order valence-corrected chi connectivity index (χ1v) is 3.11. The lowest BCUT2D eigenvalue weighted by Crippen LogP contribution is -1.95. The zero-order valence-electron chi connectivity index (χ0n) is 5.88. The van der Waals surface area contributed by atoms with Crippen molar-refractivity contribution in [2.24, 2.45) is 0 Å². The molecular formula is C8H4F2O2. The van der Waals surface area contributed by atoms with Gasteiger partial charge in [0.2, 0.25) is 0 Å². The third-order valence-corrected chi connectivity index (χ3v) is 1.32. The Balaban J connectivity index is 3.12. The van der Waals surface area contributed by atoms with Crippen LogP contribution in [0, 0.1) is 0 Å². The van der Waals surface area contributed by atoms with Gasteiger partial charge in [-0.3, -0.25) is 9.59 Å². The monoisotopic (exact) mass is 170 g/mol. The molecule has 0 bridgehead atoms. The van der Waals surface area contributed by atoms with Gasteiger partial charge in [-0.1, -0.05) is 6.07 Å². The smallest absolute Gasteiger partial charge is 0.255 e. The summed E-state index contributed by atoms with van der Waals surface area (Å²) < 4.78 is 24.0. The predicted molar refractivity (Wildman–Crippen MR) is 37.3 cm³/mol. The van der Waals surface area contributed by atoms with Crippen molar-refractivity contribution in [2.75, 3.05) is 0 Å². The molecule has 2 nitrogen and oxygen atoms in total. The third-order valence-electron chi connectivity index (χ3n) is 1.32. The van der Waals surface area contributed by atoms with Crippen LogP contribution in [0.4, 0.5) is 8.78 Å². The van der Waals surface area contributed by atoms with Gasteiger partial charge in [-0.25, -0.2) is 0 Å². The Labute approximate surface area is 66.8 Å². The molecule has 62 valence electrons. The highest BCUT2D eigenvalue weighted by molar-refractivity contribution is 5.94. The van der Waals surface area contributed by atoms with E-state index in [0.717, 1.165) is 18.2 Å². The van der Waals surface area contributed by atoms with Crippen LogP contribution in [0.3, 0.4) is 0 Å². The van der Waals surface area contributed by atoms with Gasteiger partial charge in [0.1, 0.15) is 0 Å². The zero-order valence-corrected chi connectivity index (χ0v) is 5.88. The van der Waals surface area contributed by atoms with Gasteiger partial charge in [0.15, 0.2) is 0 Å². The summed E-state index contributed by atoms with van der Waals surface area (Å²) in [5.41, 5.74) is -0.642. The summed E-state index contributed by atoms with van der Waals surface area (Å²) in [7, 11) is 0. The average Bonchev–Trinajstić information content (AvgIpc) is 2.04. The maximum atomic E-state index is 12.0. The molecule has 1 aromatic rings. The van der Waals surface area contributed by atoms with Gasteiger partial charge in [-0.2, -0.15) is 8.78 Å². The molecule has 12 heavy (non-hydrogen) atoms. The van der Waals surface area contributed by atoms with Crippen molar-refractivity contribution in [1.82, 2.24) is 0 Å². The third kappa shape index (κ3) is 1.72. The molecule has 0 aliphatic carbocycles. The minimum atomic E-state index is -1.68. The molecule has 0 aliphatic heterocycles. The van der Waals surface area contributed by atoms with Crippen LogP contribution < -0.4 is 0 Å². The molecular weight excluding hydrogens is 166 g/mol. The van der Waals surface area contributed by atoms with E-state index in [-0.39, 0.29) is 11.1 Å². The molecule has 0 fully saturated rings. The Morgan fingerprint density at radius 2 is 1.42 bits per heavy atom. The van der Waals surface area contributed by atoms with Crippen LogP contribution >= 0.6 is 0 Å². The molecule has 0 atom stereocenters. The van der Waals surface area contributed by atoms with Crippen LogP contribution in [0.2, 0.25) is 0 Å². The fourth-order valence-electron chi connectivity index (χ4n) is 0.764. The van der Waals surface area contributed by atoms with Gasteiger partial charge in [0.05, 0.1) is 11.1 Å². The second-order valence-electron chi connectivity index (χ2n) is 2.13. The van der Waals surface area contributed by atoms with Crippen LogP contribution in [-0.2, 0) is 0 Å². The van der Waals surface area contributed by atoms with Gasteiger partial charge in [0, 0.05) is 0 Å². The van der Waals surface area contributed by atoms with E-state index in [9.17, 15) is 18.4 Å². The van der Waals surface area contributed by atoms with E-state index in [4.69, 9.17) is 0 Å². The summed E-state index contributed by atoms with van der Waals surface area (Å²) >= 11 is 0. The standard InChI is InChI=1S/C8H4F2O2/c9-7(11)5-2-1-3-6(4-5)8(10)12/h1-4H. The van der Waals surface area contributed by atoms with Crippen molar-refractivity contribution in [2.45, 2.75) is 0 Å². The van der Waals surface area contributed by atoms with Crippen LogP contribution in [0.15, 0.2) is 24.3 Å². The number of carbonyl (C=O) groups excluding carboxylic acids is 2. The van der Waals surface area contributed by atoms with Crippen LogP contribution in [-0.4, -0.2) is 12.1 Å². The van der Waals surface area contributed by atoms with Gasteiger partial charge in [-0.15, -0.1) is 0 Å². The number of hydrogen-bond donors (Lipinski definition) is 0. The molecule has 1 rings (SSSR count). The number of carbonyl (C=O) groups is 2. The molecule has 0 aliphatic rings. The summed E-state index contributed by atoms with van der Waals surface area (Å²) in [5.74, 6) is 0. The average molecular weight is 170 g/mol.